The van der Waals surface area contributed by atoms with Crippen LogP contribution in [0, 0.1) is 5.92 Å². The normalized spacial score (nSPS) is 19.6. The second-order valence-corrected chi connectivity index (χ2v) is 5.30. The van der Waals surface area contributed by atoms with Crippen LogP contribution in [-0.4, -0.2) is 32.1 Å². The van der Waals surface area contributed by atoms with Gasteiger partial charge in [0.25, 0.3) is 0 Å². The van der Waals surface area contributed by atoms with Gasteiger partial charge in [0.2, 0.25) is 5.91 Å². The number of rotatable bonds is 2. The predicted octanol–water partition coefficient (Wildman–Crippen LogP) is 1.15. The predicted molar refractivity (Wildman–Crippen MR) is 62.3 cm³/mol. The molecular formula is C12H18N4O. The van der Waals surface area contributed by atoms with E-state index in [1.807, 2.05) is 23.4 Å². The summed E-state index contributed by atoms with van der Waals surface area (Å²) in [5.41, 5.74) is 0. The van der Waals surface area contributed by atoms with E-state index in [0.717, 1.165) is 24.7 Å². The number of fused-ring (bicyclic) bond motifs is 1. The summed E-state index contributed by atoms with van der Waals surface area (Å²) in [5.74, 6) is 2.80. The lowest BCUT2D eigenvalue weighted by atomic mass is 10.2. The molecule has 2 aliphatic rings. The minimum absolute atomic E-state index is 0.0624. The average molecular weight is 234 g/mol. The summed E-state index contributed by atoms with van der Waals surface area (Å²) in [4.78, 5) is 18.4. The Morgan fingerprint density at radius 2 is 2.12 bits per heavy atom. The van der Waals surface area contributed by atoms with Crippen LogP contribution in [0.15, 0.2) is 0 Å². The van der Waals surface area contributed by atoms with Gasteiger partial charge in [-0.05, 0) is 12.8 Å². The van der Waals surface area contributed by atoms with Gasteiger partial charge in [-0.2, -0.15) is 5.10 Å². The molecular weight excluding hydrogens is 216 g/mol. The topological polar surface area (TPSA) is 51.0 Å². The third kappa shape index (κ3) is 1.94. The van der Waals surface area contributed by atoms with Gasteiger partial charge in [0.05, 0.1) is 13.1 Å². The van der Waals surface area contributed by atoms with Gasteiger partial charge in [0, 0.05) is 18.4 Å². The van der Waals surface area contributed by atoms with Gasteiger partial charge >= 0.3 is 0 Å². The van der Waals surface area contributed by atoms with Crippen LogP contribution in [0.4, 0.5) is 0 Å². The molecule has 1 fully saturated rings. The van der Waals surface area contributed by atoms with Crippen molar-refractivity contribution in [1.29, 1.82) is 0 Å². The number of carbonyl (C=O) groups excluding carboxylic acids is 1. The molecule has 1 amide bonds. The van der Waals surface area contributed by atoms with Gasteiger partial charge in [-0.1, -0.05) is 13.8 Å². The van der Waals surface area contributed by atoms with Crippen molar-refractivity contribution in [2.24, 2.45) is 5.92 Å². The fourth-order valence-corrected chi connectivity index (χ4v) is 2.22. The van der Waals surface area contributed by atoms with E-state index in [4.69, 9.17) is 0 Å². The highest BCUT2D eigenvalue weighted by atomic mass is 16.2. The zero-order valence-corrected chi connectivity index (χ0v) is 10.4. The second kappa shape index (κ2) is 3.82. The lowest BCUT2D eigenvalue weighted by Crippen LogP contribution is -2.40. The molecule has 1 aliphatic heterocycles. The van der Waals surface area contributed by atoms with Gasteiger partial charge in [-0.25, -0.2) is 9.67 Å². The summed E-state index contributed by atoms with van der Waals surface area (Å²) in [6.07, 6.45) is 2.44. The van der Waals surface area contributed by atoms with Crippen LogP contribution >= 0.6 is 0 Å². The first-order chi connectivity index (χ1) is 8.15. The summed E-state index contributed by atoms with van der Waals surface area (Å²) in [6.45, 7) is 6.05. The van der Waals surface area contributed by atoms with Crippen LogP contribution in [0.5, 0.6) is 0 Å². The standard InChI is InChI=1S/C12H18N4O/c1-8(2)12(17)15-5-6-16-10(7-15)13-11(14-16)9-3-4-9/h8-9H,3-7H2,1-2H3. The Hall–Kier alpha value is -1.39. The molecule has 0 saturated heterocycles. The third-order valence-corrected chi connectivity index (χ3v) is 3.43. The van der Waals surface area contributed by atoms with Crippen LogP contribution in [0.3, 0.4) is 0 Å². The molecule has 5 nitrogen and oxygen atoms in total. The van der Waals surface area contributed by atoms with E-state index in [2.05, 4.69) is 10.1 Å². The molecule has 1 aromatic heterocycles. The van der Waals surface area contributed by atoms with Crippen molar-refractivity contribution >= 4 is 5.91 Å². The van der Waals surface area contributed by atoms with Crippen LogP contribution in [0.2, 0.25) is 0 Å². The van der Waals surface area contributed by atoms with E-state index in [1.54, 1.807) is 0 Å². The van der Waals surface area contributed by atoms with Gasteiger partial charge in [0.15, 0.2) is 5.82 Å². The van der Waals surface area contributed by atoms with E-state index in [-0.39, 0.29) is 11.8 Å². The lowest BCUT2D eigenvalue weighted by molar-refractivity contribution is -0.136. The Kier molecular flexibility index (Phi) is 2.42. The number of amides is 1. The van der Waals surface area contributed by atoms with Crippen molar-refractivity contribution in [3.63, 3.8) is 0 Å². The second-order valence-electron chi connectivity index (χ2n) is 5.30. The van der Waals surface area contributed by atoms with Crippen LogP contribution in [0.25, 0.3) is 0 Å². The highest BCUT2D eigenvalue weighted by Crippen LogP contribution is 2.38. The van der Waals surface area contributed by atoms with Crippen molar-refractivity contribution in [2.75, 3.05) is 6.54 Å². The number of nitrogens with zero attached hydrogens (tertiary/aromatic N) is 4. The molecule has 0 spiro atoms. The maximum absolute atomic E-state index is 11.9. The molecule has 5 heteroatoms. The molecule has 0 radical (unpaired) electrons. The van der Waals surface area contributed by atoms with E-state index in [1.165, 1.54) is 12.8 Å². The van der Waals surface area contributed by atoms with Crippen molar-refractivity contribution in [3.05, 3.63) is 11.6 Å². The fraction of sp³-hybridized carbons (Fsp3) is 0.750. The Bertz CT molecular complexity index is 447. The first-order valence-electron chi connectivity index (χ1n) is 6.37. The third-order valence-electron chi connectivity index (χ3n) is 3.43. The van der Waals surface area contributed by atoms with Crippen LogP contribution < -0.4 is 0 Å². The number of aromatic nitrogens is 3. The van der Waals surface area contributed by atoms with E-state index < -0.39 is 0 Å². The summed E-state index contributed by atoms with van der Waals surface area (Å²) in [5, 5.41) is 4.52. The van der Waals surface area contributed by atoms with Crippen molar-refractivity contribution in [2.45, 2.75) is 45.7 Å². The highest BCUT2D eigenvalue weighted by Gasteiger charge is 2.31. The van der Waals surface area contributed by atoms with Crippen molar-refractivity contribution in [3.8, 4) is 0 Å². The molecule has 0 unspecified atom stereocenters. The molecule has 0 aromatic carbocycles. The molecule has 1 aliphatic carbocycles. The summed E-state index contributed by atoms with van der Waals surface area (Å²) in [6, 6.07) is 0. The molecule has 1 aromatic rings. The zero-order valence-electron chi connectivity index (χ0n) is 10.4. The molecule has 0 bridgehead atoms. The summed E-state index contributed by atoms with van der Waals surface area (Å²) in [7, 11) is 0. The first-order valence-corrected chi connectivity index (χ1v) is 6.37. The number of hydrogen-bond donors (Lipinski definition) is 0. The molecule has 17 heavy (non-hydrogen) atoms. The summed E-state index contributed by atoms with van der Waals surface area (Å²) >= 11 is 0. The van der Waals surface area contributed by atoms with Gasteiger partial charge in [-0.15, -0.1) is 0 Å². The minimum Gasteiger partial charge on any atom is -0.333 e. The molecule has 1 saturated carbocycles. The Balaban J connectivity index is 1.77. The highest BCUT2D eigenvalue weighted by molar-refractivity contribution is 5.78. The molecule has 2 heterocycles. The molecule has 0 N–H and O–H groups in total. The smallest absolute Gasteiger partial charge is 0.225 e. The van der Waals surface area contributed by atoms with E-state index >= 15 is 0 Å². The van der Waals surface area contributed by atoms with Crippen molar-refractivity contribution in [1.82, 2.24) is 19.7 Å². The Morgan fingerprint density at radius 1 is 1.35 bits per heavy atom. The average Bonchev–Trinajstić information content (AvgIpc) is 3.07. The summed E-state index contributed by atoms with van der Waals surface area (Å²) < 4.78 is 1.97. The molecule has 3 rings (SSSR count). The van der Waals surface area contributed by atoms with Gasteiger partial charge in [-0.3, -0.25) is 4.79 Å². The maximum Gasteiger partial charge on any atom is 0.225 e. The minimum atomic E-state index is 0.0624. The van der Waals surface area contributed by atoms with Crippen LogP contribution in [-0.2, 0) is 17.9 Å². The number of carbonyl (C=O) groups is 1. The maximum atomic E-state index is 11.9. The molecule has 92 valence electrons. The molecule has 0 atom stereocenters. The quantitative estimate of drug-likeness (QED) is 0.771. The first kappa shape index (κ1) is 10.7. The Labute approximate surface area is 101 Å². The van der Waals surface area contributed by atoms with E-state index in [0.29, 0.717) is 12.5 Å². The zero-order chi connectivity index (χ0) is 12.0. The van der Waals surface area contributed by atoms with E-state index in [9.17, 15) is 4.79 Å². The van der Waals surface area contributed by atoms with Crippen molar-refractivity contribution < 1.29 is 4.79 Å². The number of hydrogen-bond acceptors (Lipinski definition) is 3. The van der Waals surface area contributed by atoms with Gasteiger partial charge < -0.3 is 4.90 Å². The monoisotopic (exact) mass is 234 g/mol. The van der Waals surface area contributed by atoms with Crippen LogP contribution in [0.1, 0.15) is 44.3 Å². The SMILES string of the molecule is CC(C)C(=O)N1CCn2nc(C3CC3)nc2C1. The largest absolute Gasteiger partial charge is 0.333 e. The Morgan fingerprint density at radius 3 is 2.76 bits per heavy atom. The fourth-order valence-electron chi connectivity index (χ4n) is 2.22. The van der Waals surface area contributed by atoms with Gasteiger partial charge in [0.1, 0.15) is 5.82 Å². The lowest BCUT2D eigenvalue weighted by Gasteiger charge is -2.28.